The van der Waals surface area contributed by atoms with E-state index in [9.17, 15) is 9.18 Å². The van der Waals surface area contributed by atoms with Gasteiger partial charge in [0.1, 0.15) is 5.82 Å². The van der Waals surface area contributed by atoms with Crippen molar-refractivity contribution in [3.63, 3.8) is 0 Å². The van der Waals surface area contributed by atoms with E-state index in [1.807, 2.05) is 42.1 Å². The van der Waals surface area contributed by atoms with Crippen LogP contribution in [0, 0.1) is 5.82 Å². The highest BCUT2D eigenvalue weighted by Crippen LogP contribution is 2.25. The fraction of sp³-hybridized carbons (Fsp3) is 0.333. The Morgan fingerprint density at radius 1 is 1.06 bits per heavy atom. The lowest BCUT2D eigenvalue weighted by Gasteiger charge is -2.25. The van der Waals surface area contributed by atoms with Crippen molar-refractivity contribution >= 4 is 17.3 Å². The molecule has 0 aliphatic carbocycles. The van der Waals surface area contributed by atoms with Crippen LogP contribution >= 0.6 is 0 Å². The molecule has 1 heterocycles. The number of aromatic nitrogens is 2. The first-order chi connectivity index (χ1) is 15.5. The van der Waals surface area contributed by atoms with E-state index < -0.39 is 11.7 Å². The Morgan fingerprint density at radius 2 is 1.81 bits per heavy atom. The molecule has 1 aromatic heterocycles. The zero-order valence-corrected chi connectivity index (χ0v) is 18.7. The number of imidazole rings is 1. The zero-order valence-electron chi connectivity index (χ0n) is 18.7. The lowest BCUT2D eigenvalue weighted by Crippen LogP contribution is -2.34. The Morgan fingerprint density at radius 3 is 2.56 bits per heavy atom. The van der Waals surface area contributed by atoms with Crippen LogP contribution in [-0.4, -0.2) is 56.5 Å². The smallest absolute Gasteiger partial charge is 0.261 e. The standard InChI is InChI=1S/C24H29FN4O3/c1-27(16-19-17-28(18-26-19)11-13-31-2)20-7-6-8-21(15-20)29(12-14-32-3)24(30)22-9-4-5-10-23(22)25/h4-10,15,17-18H,11-14,16H2,1-3H3. The summed E-state index contributed by atoms with van der Waals surface area (Å²) in [5.41, 5.74) is 2.54. The van der Waals surface area contributed by atoms with Crippen LogP contribution in [0.1, 0.15) is 16.1 Å². The van der Waals surface area contributed by atoms with E-state index in [0.717, 1.165) is 17.9 Å². The molecule has 170 valence electrons. The summed E-state index contributed by atoms with van der Waals surface area (Å²) in [6.45, 7) is 2.61. The maximum atomic E-state index is 14.3. The Labute approximate surface area is 188 Å². The van der Waals surface area contributed by atoms with Crippen molar-refractivity contribution in [1.29, 1.82) is 0 Å². The Balaban J connectivity index is 1.80. The molecule has 2 aromatic carbocycles. The van der Waals surface area contributed by atoms with Crippen LogP contribution in [0.4, 0.5) is 15.8 Å². The second kappa shape index (κ2) is 11.4. The van der Waals surface area contributed by atoms with Crippen LogP contribution < -0.4 is 9.80 Å². The summed E-state index contributed by atoms with van der Waals surface area (Å²) >= 11 is 0. The molecule has 0 N–H and O–H groups in total. The molecule has 0 saturated carbocycles. The molecular formula is C24H29FN4O3. The van der Waals surface area contributed by atoms with E-state index in [1.165, 1.54) is 12.1 Å². The highest BCUT2D eigenvalue weighted by atomic mass is 19.1. The van der Waals surface area contributed by atoms with E-state index in [-0.39, 0.29) is 5.56 Å². The summed E-state index contributed by atoms with van der Waals surface area (Å²) in [7, 11) is 5.21. The highest BCUT2D eigenvalue weighted by Gasteiger charge is 2.21. The number of rotatable bonds is 11. The SMILES string of the molecule is COCCN(C(=O)c1ccccc1F)c1cccc(N(C)Cc2cn(CCOC)cn2)c1. The lowest BCUT2D eigenvalue weighted by atomic mass is 10.1. The molecule has 1 amide bonds. The fourth-order valence-corrected chi connectivity index (χ4v) is 3.35. The fourth-order valence-electron chi connectivity index (χ4n) is 3.35. The van der Waals surface area contributed by atoms with Crippen molar-refractivity contribution in [2.24, 2.45) is 0 Å². The highest BCUT2D eigenvalue weighted by molar-refractivity contribution is 6.06. The minimum absolute atomic E-state index is 0.0314. The number of benzene rings is 2. The average Bonchev–Trinajstić information content (AvgIpc) is 3.25. The van der Waals surface area contributed by atoms with Crippen LogP contribution in [0.3, 0.4) is 0 Å². The number of hydrogen-bond acceptors (Lipinski definition) is 5. The number of anilines is 2. The van der Waals surface area contributed by atoms with Gasteiger partial charge in [-0.25, -0.2) is 9.37 Å². The predicted octanol–water partition coefficient (Wildman–Crippen LogP) is 3.60. The number of nitrogens with zero attached hydrogens (tertiary/aromatic N) is 4. The summed E-state index contributed by atoms with van der Waals surface area (Å²) < 4.78 is 26.5. The largest absolute Gasteiger partial charge is 0.383 e. The second-order valence-electron chi connectivity index (χ2n) is 7.40. The van der Waals surface area contributed by atoms with E-state index in [4.69, 9.17) is 9.47 Å². The van der Waals surface area contributed by atoms with Crippen LogP contribution in [0.2, 0.25) is 0 Å². The molecule has 3 rings (SSSR count). The van der Waals surface area contributed by atoms with Gasteiger partial charge in [0, 0.05) is 51.9 Å². The van der Waals surface area contributed by atoms with Gasteiger partial charge in [-0.05, 0) is 30.3 Å². The van der Waals surface area contributed by atoms with Gasteiger partial charge in [-0.1, -0.05) is 18.2 Å². The Hall–Kier alpha value is -3.23. The number of hydrogen-bond donors (Lipinski definition) is 0. The van der Waals surface area contributed by atoms with Gasteiger partial charge in [0.25, 0.3) is 5.91 Å². The number of carbonyl (C=O) groups excluding carboxylic acids is 1. The van der Waals surface area contributed by atoms with Crippen LogP contribution in [0.5, 0.6) is 0 Å². The van der Waals surface area contributed by atoms with Crippen molar-refractivity contribution in [2.75, 3.05) is 50.8 Å². The number of halogens is 1. The van der Waals surface area contributed by atoms with Gasteiger partial charge >= 0.3 is 0 Å². The topological polar surface area (TPSA) is 59.8 Å². The Bertz CT molecular complexity index is 1020. The molecule has 0 radical (unpaired) electrons. The van der Waals surface area contributed by atoms with Gasteiger partial charge in [-0.15, -0.1) is 0 Å². The van der Waals surface area contributed by atoms with Gasteiger partial charge in [0.05, 0.1) is 37.3 Å². The van der Waals surface area contributed by atoms with Crippen molar-refractivity contribution in [1.82, 2.24) is 9.55 Å². The third kappa shape index (κ3) is 5.93. The predicted molar refractivity (Wildman–Crippen MR) is 123 cm³/mol. The van der Waals surface area contributed by atoms with Gasteiger partial charge in [0.2, 0.25) is 0 Å². The van der Waals surface area contributed by atoms with Gasteiger partial charge in [-0.3, -0.25) is 4.79 Å². The van der Waals surface area contributed by atoms with E-state index in [0.29, 0.717) is 32.0 Å². The van der Waals surface area contributed by atoms with Crippen LogP contribution in [-0.2, 0) is 22.6 Å². The van der Waals surface area contributed by atoms with E-state index in [1.54, 1.807) is 37.6 Å². The first kappa shape index (κ1) is 23.4. The zero-order chi connectivity index (χ0) is 22.9. The van der Waals surface area contributed by atoms with Gasteiger partial charge in [0.15, 0.2) is 0 Å². The first-order valence-electron chi connectivity index (χ1n) is 10.4. The number of amides is 1. The minimum atomic E-state index is -0.544. The maximum absolute atomic E-state index is 14.3. The second-order valence-corrected chi connectivity index (χ2v) is 7.40. The average molecular weight is 441 g/mol. The van der Waals surface area contributed by atoms with Gasteiger partial charge in [-0.2, -0.15) is 0 Å². The quantitative estimate of drug-likeness (QED) is 0.456. The summed E-state index contributed by atoms with van der Waals surface area (Å²) in [5.74, 6) is -0.950. The van der Waals surface area contributed by atoms with E-state index in [2.05, 4.69) is 9.88 Å². The monoisotopic (exact) mass is 440 g/mol. The summed E-state index contributed by atoms with van der Waals surface area (Å²) in [5, 5.41) is 0. The third-order valence-electron chi connectivity index (χ3n) is 5.09. The number of ether oxygens (including phenoxy) is 2. The molecule has 0 aliphatic rings. The maximum Gasteiger partial charge on any atom is 0.261 e. The third-order valence-corrected chi connectivity index (χ3v) is 5.09. The summed E-state index contributed by atoms with van der Waals surface area (Å²) in [6, 6.07) is 13.6. The minimum Gasteiger partial charge on any atom is -0.383 e. The number of carbonyl (C=O) groups is 1. The van der Waals surface area contributed by atoms with Crippen molar-refractivity contribution in [2.45, 2.75) is 13.1 Å². The molecule has 3 aromatic rings. The molecule has 0 unspecified atom stereocenters. The lowest BCUT2D eigenvalue weighted by molar-refractivity contribution is 0.0972. The van der Waals surface area contributed by atoms with Crippen molar-refractivity contribution < 1.29 is 18.7 Å². The number of methoxy groups -OCH3 is 2. The first-order valence-corrected chi connectivity index (χ1v) is 10.4. The molecule has 0 aliphatic heterocycles. The molecule has 0 atom stereocenters. The summed E-state index contributed by atoms with van der Waals surface area (Å²) in [6.07, 6.45) is 3.78. The normalized spacial score (nSPS) is 10.9. The van der Waals surface area contributed by atoms with Crippen LogP contribution in [0.15, 0.2) is 61.1 Å². The molecule has 0 bridgehead atoms. The molecule has 7 nitrogen and oxygen atoms in total. The molecular weight excluding hydrogens is 411 g/mol. The molecule has 8 heteroatoms. The Kier molecular flexibility index (Phi) is 8.35. The van der Waals surface area contributed by atoms with Crippen LogP contribution in [0.25, 0.3) is 0 Å². The molecule has 0 saturated heterocycles. The van der Waals surface area contributed by atoms with Crippen molar-refractivity contribution in [3.05, 3.63) is 78.1 Å². The molecule has 0 fully saturated rings. The molecule has 32 heavy (non-hydrogen) atoms. The van der Waals surface area contributed by atoms with E-state index >= 15 is 0 Å². The van der Waals surface area contributed by atoms with Gasteiger partial charge < -0.3 is 23.8 Å². The van der Waals surface area contributed by atoms with Crippen molar-refractivity contribution in [3.8, 4) is 0 Å². The summed E-state index contributed by atoms with van der Waals surface area (Å²) in [4.78, 5) is 21.2. The molecule has 0 spiro atoms.